The molecule has 1 atom stereocenters. The lowest BCUT2D eigenvalue weighted by Crippen LogP contribution is -2.37. The molecule has 0 N–H and O–H groups in total. The summed E-state index contributed by atoms with van der Waals surface area (Å²) in [6.07, 6.45) is 0.754. The van der Waals surface area contributed by atoms with Gasteiger partial charge < -0.3 is 0 Å². The van der Waals surface area contributed by atoms with E-state index in [2.05, 4.69) is 0 Å². The van der Waals surface area contributed by atoms with E-state index in [1.807, 2.05) is 0 Å². The molecule has 0 aromatic heterocycles. The molecule has 0 aliphatic rings. The summed E-state index contributed by atoms with van der Waals surface area (Å²) in [4.78, 5) is 12.3. The SMILES string of the molecule is Cc1ccc(S(=O)(=O)C(C(=O)c2ccccc2)S(C)(=O)=O)cc1. The van der Waals surface area contributed by atoms with Crippen LogP contribution in [0.25, 0.3) is 0 Å². The summed E-state index contributed by atoms with van der Waals surface area (Å²) in [5.41, 5.74) is 0.868. The summed E-state index contributed by atoms with van der Waals surface area (Å²) in [6, 6.07) is 13.3. The number of aryl methyl sites for hydroxylation is 1. The van der Waals surface area contributed by atoms with Crippen molar-refractivity contribution in [3.05, 3.63) is 65.7 Å². The van der Waals surface area contributed by atoms with Crippen molar-refractivity contribution in [1.82, 2.24) is 0 Å². The van der Waals surface area contributed by atoms with Crippen LogP contribution in [0.3, 0.4) is 0 Å². The minimum Gasteiger partial charge on any atom is -0.292 e. The van der Waals surface area contributed by atoms with Crippen molar-refractivity contribution in [1.29, 1.82) is 0 Å². The van der Waals surface area contributed by atoms with Gasteiger partial charge in [-0.2, -0.15) is 0 Å². The molecule has 0 aliphatic heterocycles. The van der Waals surface area contributed by atoms with Gasteiger partial charge in [0.2, 0.25) is 14.4 Å². The van der Waals surface area contributed by atoms with E-state index < -0.39 is 30.0 Å². The molecule has 7 heteroatoms. The fourth-order valence-corrected chi connectivity index (χ4v) is 6.04. The Labute approximate surface area is 135 Å². The fraction of sp³-hybridized carbons (Fsp3) is 0.188. The summed E-state index contributed by atoms with van der Waals surface area (Å²) in [6.45, 7) is 1.78. The van der Waals surface area contributed by atoms with E-state index in [4.69, 9.17) is 0 Å². The van der Waals surface area contributed by atoms with E-state index in [-0.39, 0.29) is 10.5 Å². The molecule has 0 amide bonds. The van der Waals surface area contributed by atoms with Crippen LogP contribution in [-0.4, -0.2) is 33.5 Å². The van der Waals surface area contributed by atoms with E-state index in [9.17, 15) is 21.6 Å². The number of rotatable bonds is 5. The molecule has 122 valence electrons. The van der Waals surface area contributed by atoms with Gasteiger partial charge in [0.25, 0.3) is 0 Å². The number of hydrogen-bond donors (Lipinski definition) is 0. The van der Waals surface area contributed by atoms with E-state index in [1.165, 1.54) is 24.3 Å². The molecule has 23 heavy (non-hydrogen) atoms. The Bertz CT molecular complexity index is 912. The van der Waals surface area contributed by atoms with Crippen molar-refractivity contribution in [2.45, 2.75) is 16.4 Å². The Morgan fingerprint density at radius 2 is 1.39 bits per heavy atom. The highest BCUT2D eigenvalue weighted by Crippen LogP contribution is 2.23. The maximum atomic E-state index is 12.7. The van der Waals surface area contributed by atoms with Crippen LogP contribution >= 0.6 is 0 Å². The van der Waals surface area contributed by atoms with Gasteiger partial charge in [0.05, 0.1) is 4.90 Å². The summed E-state index contributed by atoms with van der Waals surface area (Å²) in [7, 11) is -8.53. The highest BCUT2D eigenvalue weighted by molar-refractivity contribution is 8.10. The molecule has 0 aliphatic carbocycles. The van der Waals surface area contributed by atoms with E-state index in [0.29, 0.717) is 0 Å². The second kappa shape index (κ2) is 6.25. The van der Waals surface area contributed by atoms with Crippen molar-refractivity contribution in [2.75, 3.05) is 6.26 Å². The topological polar surface area (TPSA) is 85.3 Å². The molecule has 0 fully saturated rings. The zero-order valence-corrected chi connectivity index (χ0v) is 14.3. The first-order valence-electron chi connectivity index (χ1n) is 6.73. The normalized spacial score (nSPS) is 13.5. The number of carbonyl (C=O) groups is 1. The van der Waals surface area contributed by atoms with Gasteiger partial charge in [-0.05, 0) is 19.1 Å². The monoisotopic (exact) mass is 352 g/mol. The Morgan fingerprint density at radius 1 is 0.870 bits per heavy atom. The standard InChI is InChI=1S/C16H16O5S2/c1-12-8-10-14(11-9-12)23(20,21)16(22(2,18)19)15(17)13-6-4-3-5-7-13/h3-11,16H,1-2H3. The molecule has 0 radical (unpaired) electrons. The Kier molecular flexibility index (Phi) is 4.72. The highest BCUT2D eigenvalue weighted by atomic mass is 32.3. The van der Waals surface area contributed by atoms with Gasteiger partial charge in [-0.3, -0.25) is 4.79 Å². The van der Waals surface area contributed by atoms with Gasteiger partial charge in [0, 0.05) is 11.8 Å². The summed E-state index contributed by atoms with van der Waals surface area (Å²) in [5.74, 6) is -0.950. The third-order valence-corrected chi connectivity index (χ3v) is 7.80. The van der Waals surface area contributed by atoms with Crippen LogP contribution in [0.1, 0.15) is 15.9 Å². The molecule has 1 unspecified atom stereocenters. The number of carbonyl (C=O) groups excluding carboxylic acids is 1. The van der Waals surface area contributed by atoms with Gasteiger partial charge in [0.1, 0.15) is 0 Å². The predicted molar refractivity (Wildman–Crippen MR) is 87.8 cm³/mol. The third-order valence-electron chi connectivity index (χ3n) is 3.29. The number of Topliss-reactive ketones (excluding diaryl/α,β-unsaturated/α-hetero) is 1. The van der Waals surface area contributed by atoms with Gasteiger partial charge in [-0.1, -0.05) is 48.0 Å². The Morgan fingerprint density at radius 3 is 1.87 bits per heavy atom. The van der Waals surface area contributed by atoms with Gasteiger partial charge >= 0.3 is 0 Å². The fourth-order valence-electron chi connectivity index (χ4n) is 2.16. The number of hydrogen-bond acceptors (Lipinski definition) is 5. The molecule has 2 aromatic rings. The highest BCUT2D eigenvalue weighted by Gasteiger charge is 2.42. The summed E-state index contributed by atoms with van der Waals surface area (Å²) in [5, 5.41) is 0. The number of sulfone groups is 2. The molecule has 2 rings (SSSR count). The Balaban J connectivity index is 2.60. The van der Waals surface area contributed by atoms with Crippen molar-refractivity contribution < 1.29 is 21.6 Å². The van der Waals surface area contributed by atoms with Crippen LogP contribution in [0.4, 0.5) is 0 Å². The van der Waals surface area contributed by atoms with Crippen molar-refractivity contribution in [3.63, 3.8) is 0 Å². The molecule has 2 aromatic carbocycles. The van der Waals surface area contributed by atoms with Gasteiger partial charge in [-0.25, -0.2) is 16.8 Å². The predicted octanol–water partition coefficient (Wildman–Crippen LogP) is 2.02. The second-order valence-corrected chi connectivity index (χ2v) is 9.71. The maximum Gasteiger partial charge on any atom is 0.229 e. The van der Waals surface area contributed by atoms with Crippen LogP contribution in [0.2, 0.25) is 0 Å². The first kappa shape index (κ1) is 17.4. The largest absolute Gasteiger partial charge is 0.292 e. The summed E-state index contributed by atoms with van der Waals surface area (Å²) < 4.78 is 47.3. The minimum atomic E-state index is -4.36. The zero-order valence-electron chi connectivity index (χ0n) is 12.6. The van der Waals surface area contributed by atoms with Gasteiger partial charge in [0.15, 0.2) is 15.6 Å². The van der Waals surface area contributed by atoms with E-state index in [0.717, 1.165) is 11.8 Å². The molecular weight excluding hydrogens is 336 g/mol. The van der Waals surface area contributed by atoms with E-state index in [1.54, 1.807) is 37.3 Å². The van der Waals surface area contributed by atoms with Crippen molar-refractivity contribution >= 4 is 25.5 Å². The van der Waals surface area contributed by atoms with E-state index >= 15 is 0 Å². The van der Waals surface area contributed by atoms with Crippen LogP contribution in [0, 0.1) is 6.92 Å². The lowest BCUT2D eigenvalue weighted by Gasteiger charge is -2.15. The smallest absolute Gasteiger partial charge is 0.229 e. The van der Waals surface area contributed by atoms with Crippen LogP contribution in [-0.2, 0) is 19.7 Å². The van der Waals surface area contributed by atoms with Crippen LogP contribution < -0.4 is 0 Å². The molecule has 0 saturated heterocycles. The first-order chi connectivity index (χ1) is 10.6. The maximum absolute atomic E-state index is 12.7. The molecule has 0 bridgehead atoms. The average Bonchev–Trinajstić information content (AvgIpc) is 2.47. The van der Waals surface area contributed by atoms with Crippen molar-refractivity contribution in [2.24, 2.45) is 0 Å². The molecule has 0 saturated carbocycles. The first-order valence-corrected chi connectivity index (χ1v) is 10.2. The Hall–Kier alpha value is -1.99. The molecule has 0 heterocycles. The lowest BCUT2D eigenvalue weighted by atomic mass is 10.1. The summed E-state index contributed by atoms with van der Waals surface area (Å²) >= 11 is 0. The average molecular weight is 352 g/mol. The quantitative estimate of drug-likeness (QED) is 0.769. The second-order valence-electron chi connectivity index (χ2n) is 5.25. The van der Waals surface area contributed by atoms with Crippen LogP contribution in [0.5, 0.6) is 0 Å². The number of ketones is 1. The third kappa shape index (κ3) is 3.68. The molecule has 5 nitrogen and oxygen atoms in total. The van der Waals surface area contributed by atoms with Crippen molar-refractivity contribution in [3.8, 4) is 0 Å². The molecular formula is C16H16O5S2. The lowest BCUT2D eigenvalue weighted by molar-refractivity contribution is 0.101. The minimum absolute atomic E-state index is 0.0404. The zero-order chi connectivity index (χ0) is 17.3. The van der Waals surface area contributed by atoms with Gasteiger partial charge in [-0.15, -0.1) is 0 Å². The number of benzene rings is 2. The van der Waals surface area contributed by atoms with Crippen LogP contribution in [0.15, 0.2) is 59.5 Å². The molecule has 0 spiro atoms.